The number of nitrogen functional groups attached to an aromatic ring is 1. The Hall–Kier alpha value is -2.39. The standard InChI is InChI=1S/C23H30F3N5O/c1-14(17-9-18(23(24,25)26)11-19(27)10-17)28-22-20-13-31(12-16-4-7-32-8-5-16)6-3-21(20)29-15(2)30-22/h9-11,14,16H,3-8,12-13,27H2,1-2H3,(H,28,29,30)/t14-/m1/s1. The van der Waals surface area contributed by atoms with E-state index in [0.29, 0.717) is 23.1 Å². The predicted octanol–water partition coefficient (Wildman–Crippen LogP) is 4.34. The summed E-state index contributed by atoms with van der Waals surface area (Å²) in [5, 5.41) is 3.34. The number of nitrogens with two attached hydrogens (primary N) is 1. The molecule has 0 bridgehead atoms. The number of aryl methyl sites for hydroxylation is 1. The number of halogens is 3. The smallest absolute Gasteiger partial charge is 0.399 e. The van der Waals surface area contributed by atoms with Crippen LogP contribution in [0.3, 0.4) is 0 Å². The third kappa shape index (κ3) is 5.32. The first-order chi connectivity index (χ1) is 15.2. The lowest BCUT2D eigenvalue weighted by Gasteiger charge is -2.34. The Bertz CT molecular complexity index is 959. The summed E-state index contributed by atoms with van der Waals surface area (Å²) in [6, 6.07) is 3.28. The molecule has 0 amide bonds. The molecule has 174 valence electrons. The lowest BCUT2D eigenvalue weighted by atomic mass is 9.97. The number of benzene rings is 1. The molecule has 9 heteroatoms. The van der Waals surface area contributed by atoms with Crippen LogP contribution in [-0.4, -0.2) is 41.2 Å². The molecule has 0 saturated carbocycles. The number of fused-ring (bicyclic) bond motifs is 1. The van der Waals surface area contributed by atoms with Crippen LogP contribution in [0, 0.1) is 12.8 Å². The van der Waals surface area contributed by atoms with Gasteiger partial charge in [-0.15, -0.1) is 0 Å². The Balaban J connectivity index is 1.55. The van der Waals surface area contributed by atoms with Crippen LogP contribution >= 0.6 is 0 Å². The van der Waals surface area contributed by atoms with Gasteiger partial charge < -0.3 is 15.8 Å². The first-order valence-electron chi connectivity index (χ1n) is 11.1. The van der Waals surface area contributed by atoms with Crippen LogP contribution < -0.4 is 11.1 Å². The topological polar surface area (TPSA) is 76.3 Å². The van der Waals surface area contributed by atoms with Gasteiger partial charge in [0, 0.05) is 50.5 Å². The molecule has 3 heterocycles. The van der Waals surface area contributed by atoms with Gasteiger partial charge in [-0.05, 0) is 56.4 Å². The van der Waals surface area contributed by atoms with Gasteiger partial charge in [-0.1, -0.05) is 0 Å². The normalized spacial score (nSPS) is 18.9. The molecule has 6 nitrogen and oxygen atoms in total. The molecule has 3 N–H and O–H groups in total. The van der Waals surface area contributed by atoms with Gasteiger partial charge >= 0.3 is 6.18 Å². The van der Waals surface area contributed by atoms with E-state index in [1.165, 1.54) is 0 Å². The Morgan fingerprint density at radius 1 is 1.22 bits per heavy atom. The lowest BCUT2D eigenvalue weighted by molar-refractivity contribution is -0.137. The second-order valence-corrected chi connectivity index (χ2v) is 8.84. The number of alkyl halides is 3. The summed E-state index contributed by atoms with van der Waals surface area (Å²) in [6.07, 6.45) is -1.46. The predicted molar refractivity (Wildman–Crippen MR) is 117 cm³/mol. The lowest BCUT2D eigenvalue weighted by Crippen LogP contribution is -2.37. The van der Waals surface area contributed by atoms with Crippen LogP contribution in [0.5, 0.6) is 0 Å². The first kappa shape index (κ1) is 22.8. The van der Waals surface area contributed by atoms with E-state index < -0.39 is 17.8 Å². The highest BCUT2D eigenvalue weighted by atomic mass is 19.4. The van der Waals surface area contributed by atoms with Gasteiger partial charge in [0.1, 0.15) is 11.6 Å². The minimum Gasteiger partial charge on any atom is -0.399 e. The second kappa shape index (κ2) is 9.23. The maximum atomic E-state index is 13.2. The molecule has 1 aromatic carbocycles. The van der Waals surface area contributed by atoms with Crippen molar-refractivity contribution in [1.82, 2.24) is 14.9 Å². The van der Waals surface area contributed by atoms with Crippen LogP contribution in [0.25, 0.3) is 0 Å². The van der Waals surface area contributed by atoms with Crippen molar-refractivity contribution in [2.24, 2.45) is 5.92 Å². The van der Waals surface area contributed by atoms with E-state index in [4.69, 9.17) is 10.5 Å². The van der Waals surface area contributed by atoms with Gasteiger partial charge in [0.15, 0.2) is 0 Å². The fraction of sp³-hybridized carbons (Fsp3) is 0.565. The van der Waals surface area contributed by atoms with Crippen molar-refractivity contribution in [3.63, 3.8) is 0 Å². The zero-order valence-corrected chi connectivity index (χ0v) is 18.5. The van der Waals surface area contributed by atoms with E-state index in [-0.39, 0.29) is 5.69 Å². The molecule has 2 aliphatic rings. The number of nitrogens with one attached hydrogen (secondary N) is 1. The fourth-order valence-corrected chi connectivity index (χ4v) is 4.54. The van der Waals surface area contributed by atoms with E-state index >= 15 is 0 Å². The number of rotatable bonds is 5. The fourth-order valence-electron chi connectivity index (χ4n) is 4.54. The van der Waals surface area contributed by atoms with Gasteiger partial charge in [0.05, 0.1) is 17.3 Å². The molecule has 0 aliphatic carbocycles. The molecular weight excluding hydrogens is 419 g/mol. The Morgan fingerprint density at radius 3 is 2.69 bits per heavy atom. The van der Waals surface area contributed by atoms with Crippen molar-refractivity contribution in [2.45, 2.75) is 51.9 Å². The molecule has 2 aliphatic heterocycles. The van der Waals surface area contributed by atoms with E-state index in [0.717, 1.165) is 75.5 Å². The number of ether oxygens (including phenoxy) is 1. The van der Waals surface area contributed by atoms with E-state index in [1.54, 1.807) is 6.07 Å². The highest BCUT2D eigenvalue weighted by Crippen LogP contribution is 2.34. The summed E-state index contributed by atoms with van der Waals surface area (Å²) in [4.78, 5) is 11.7. The molecule has 1 aromatic heterocycles. The quantitative estimate of drug-likeness (QED) is 0.662. The number of anilines is 2. The number of aromatic nitrogens is 2. The number of hydrogen-bond donors (Lipinski definition) is 2. The third-order valence-corrected chi connectivity index (χ3v) is 6.27. The van der Waals surface area contributed by atoms with Crippen molar-refractivity contribution < 1.29 is 17.9 Å². The van der Waals surface area contributed by atoms with Crippen LogP contribution in [0.15, 0.2) is 18.2 Å². The molecule has 4 rings (SSSR count). The van der Waals surface area contributed by atoms with Gasteiger partial charge in [-0.2, -0.15) is 13.2 Å². The average molecular weight is 450 g/mol. The maximum Gasteiger partial charge on any atom is 0.416 e. The van der Waals surface area contributed by atoms with E-state index in [2.05, 4.69) is 20.2 Å². The van der Waals surface area contributed by atoms with Crippen LogP contribution in [0.1, 0.15) is 54.0 Å². The zero-order valence-electron chi connectivity index (χ0n) is 18.5. The molecule has 1 fully saturated rings. The van der Waals surface area contributed by atoms with Crippen LogP contribution in [0.2, 0.25) is 0 Å². The molecule has 1 saturated heterocycles. The monoisotopic (exact) mass is 449 g/mol. The Morgan fingerprint density at radius 2 is 1.97 bits per heavy atom. The van der Waals surface area contributed by atoms with Crippen molar-refractivity contribution in [3.05, 3.63) is 46.4 Å². The molecular formula is C23H30F3N5O. The van der Waals surface area contributed by atoms with E-state index in [1.807, 2.05) is 13.8 Å². The zero-order chi connectivity index (χ0) is 22.9. The summed E-state index contributed by atoms with van der Waals surface area (Å²) in [5.74, 6) is 1.97. The van der Waals surface area contributed by atoms with Gasteiger partial charge in [-0.25, -0.2) is 9.97 Å². The van der Waals surface area contributed by atoms with Crippen molar-refractivity contribution in [3.8, 4) is 0 Å². The molecule has 0 spiro atoms. The van der Waals surface area contributed by atoms with Crippen molar-refractivity contribution in [2.75, 3.05) is 37.4 Å². The van der Waals surface area contributed by atoms with Crippen molar-refractivity contribution in [1.29, 1.82) is 0 Å². The summed E-state index contributed by atoms with van der Waals surface area (Å²) in [7, 11) is 0. The molecule has 1 atom stereocenters. The third-order valence-electron chi connectivity index (χ3n) is 6.27. The summed E-state index contributed by atoms with van der Waals surface area (Å²) in [6.45, 7) is 7.99. The first-order valence-corrected chi connectivity index (χ1v) is 11.1. The number of hydrogen-bond acceptors (Lipinski definition) is 6. The average Bonchev–Trinajstić information content (AvgIpc) is 2.73. The largest absolute Gasteiger partial charge is 0.416 e. The summed E-state index contributed by atoms with van der Waals surface area (Å²) < 4.78 is 45.2. The highest BCUT2D eigenvalue weighted by Gasteiger charge is 2.32. The van der Waals surface area contributed by atoms with Crippen molar-refractivity contribution >= 4 is 11.5 Å². The molecule has 32 heavy (non-hydrogen) atoms. The Kier molecular flexibility index (Phi) is 6.57. The second-order valence-electron chi connectivity index (χ2n) is 8.84. The SMILES string of the molecule is Cc1nc2c(c(N[C@H](C)c3cc(N)cc(C(F)(F)F)c3)n1)CN(CC1CCOCC1)CC2. The van der Waals surface area contributed by atoms with Crippen LogP contribution in [0.4, 0.5) is 24.7 Å². The Labute approximate surface area is 186 Å². The minimum absolute atomic E-state index is 0.0898. The van der Waals surface area contributed by atoms with Gasteiger partial charge in [0.25, 0.3) is 0 Å². The van der Waals surface area contributed by atoms with Gasteiger partial charge in [-0.3, -0.25) is 4.90 Å². The number of nitrogens with zero attached hydrogens (tertiary/aromatic N) is 3. The molecule has 0 radical (unpaired) electrons. The summed E-state index contributed by atoms with van der Waals surface area (Å²) in [5.41, 5.74) is 7.62. The maximum absolute atomic E-state index is 13.2. The minimum atomic E-state index is -4.45. The van der Waals surface area contributed by atoms with Crippen LogP contribution in [-0.2, 0) is 23.9 Å². The van der Waals surface area contributed by atoms with Gasteiger partial charge in [0.2, 0.25) is 0 Å². The van der Waals surface area contributed by atoms with E-state index in [9.17, 15) is 13.2 Å². The summed E-state index contributed by atoms with van der Waals surface area (Å²) >= 11 is 0. The highest BCUT2D eigenvalue weighted by molar-refractivity contribution is 5.52. The molecule has 2 aromatic rings. The molecule has 0 unspecified atom stereocenters.